The maximum absolute atomic E-state index is 13.5. The van der Waals surface area contributed by atoms with Crippen molar-refractivity contribution in [3.63, 3.8) is 0 Å². The van der Waals surface area contributed by atoms with Crippen LogP contribution in [0, 0.1) is 0 Å². The summed E-state index contributed by atoms with van der Waals surface area (Å²) in [6, 6.07) is -0.873. The molecule has 0 aromatic rings. The van der Waals surface area contributed by atoms with Gasteiger partial charge in [0, 0.05) is 12.8 Å². The topological polar surface area (TPSA) is 111 Å². The highest BCUT2D eigenvalue weighted by Crippen LogP contribution is 2.43. The van der Waals surface area contributed by atoms with Crippen molar-refractivity contribution < 1.29 is 37.3 Å². The van der Waals surface area contributed by atoms with Crippen LogP contribution in [0.1, 0.15) is 239 Å². The molecule has 0 heterocycles. The van der Waals surface area contributed by atoms with Crippen LogP contribution < -0.4 is 5.32 Å². The van der Waals surface area contributed by atoms with Gasteiger partial charge in [0.25, 0.3) is 0 Å². The van der Waals surface area contributed by atoms with Gasteiger partial charge in [-0.2, -0.15) is 0 Å². The van der Waals surface area contributed by atoms with E-state index in [0.29, 0.717) is 23.9 Å². The van der Waals surface area contributed by atoms with Crippen molar-refractivity contribution in [2.45, 2.75) is 251 Å². The SMILES string of the molecule is CC/C=C\C/C=C\C/C=C\C/C=C\C/C=C\CCCCCC(=O)OC(/C=C/CCCCCCCCCCCCC)C(COP(=O)(O)OCC[N+](C)(C)C)NC(=O)CCCCCCCC/C=C/C=C/CCCCC. The van der Waals surface area contributed by atoms with Crippen molar-refractivity contribution >= 4 is 19.7 Å². The molecule has 0 aromatic carbocycles. The Morgan fingerprint density at radius 3 is 1.44 bits per heavy atom. The van der Waals surface area contributed by atoms with Gasteiger partial charge in [-0.05, 0) is 102 Å². The number of phosphoric ester groups is 1. The van der Waals surface area contributed by atoms with Gasteiger partial charge in [-0.25, -0.2) is 4.57 Å². The molecule has 1 amide bonds. The van der Waals surface area contributed by atoms with Gasteiger partial charge < -0.3 is 19.4 Å². The van der Waals surface area contributed by atoms with Crippen LogP contribution in [0.4, 0.5) is 0 Å². The summed E-state index contributed by atoms with van der Waals surface area (Å²) in [5, 5.41) is 3.03. The minimum atomic E-state index is -4.46. The van der Waals surface area contributed by atoms with E-state index in [0.717, 1.165) is 122 Å². The molecule has 0 aliphatic rings. The first-order valence-corrected chi connectivity index (χ1v) is 31.1. The van der Waals surface area contributed by atoms with Crippen LogP contribution in [-0.4, -0.2) is 74.3 Å². The Bertz CT molecular complexity index is 1570. The van der Waals surface area contributed by atoms with E-state index >= 15 is 0 Å². The van der Waals surface area contributed by atoms with E-state index in [9.17, 15) is 19.0 Å². The Morgan fingerprint density at radius 2 is 0.918 bits per heavy atom. The Kier molecular flexibility index (Phi) is 50.2. The van der Waals surface area contributed by atoms with E-state index in [1.165, 1.54) is 77.0 Å². The first-order chi connectivity index (χ1) is 35.4. The van der Waals surface area contributed by atoms with Gasteiger partial charge in [-0.3, -0.25) is 18.6 Å². The van der Waals surface area contributed by atoms with Crippen molar-refractivity contribution in [3.05, 3.63) is 97.2 Å². The lowest BCUT2D eigenvalue weighted by molar-refractivity contribution is -0.870. The number of nitrogens with zero attached hydrogens (tertiary/aromatic N) is 1. The third-order valence-corrected chi connectivity index (χ3v) is 13.5. The molecule has 0 aromatic heterocycles. The summed E-state index contributed by atoms with van der Waals surface area (Å²) in [5.41, 5.74) is 0. The second kappa shape index (κ2) is 52.4. The Balaban J connectivity index is 5.43. The lowest BCUT2D eigenvalue weighted by Gasteiger charge is -2.27. The molecular formula is C63H112N2O7P+. The molecule has 73 heavy (non-hydrogen) atoms. The third kappa shape index (κ3) is 53.6. The van der Waals surface area contributed by atoms with Crippen LogP contribution >= 0.6 is 7.82 Å². The molecule has 0 spiro atoms. The van der Waals surface area contributed by atoms with Crippen molar-refractivity contribution in [3.8, 4) is 0 Å². The number of quaternary nitrogens is 1. The van der Waals surface area contributed by atoms with Crippen molar-refractivity contribution in [1.29, 1.82) is 0 Å². The number of phosphoric acid groups is 1. The molecule has 3 unspecified atom stereocenters. The molecule has 0 aliphatic carbocycles. The van der Waals surface area contributed by atoms with Crippen molar-refractivity contribution in [2.75, 3.05) is 40.9 Å². The molecule has 2 N–H and O–H groups in total. The zero-order chi connectivity index (χ0) is 53.6. The number of rotatable bonds is 52. The first kappa shape index (κ1) is 69.9. The molecule has 0 bridgehead atoms. The largest absolute Gasteiger partial charge is 0.472 e. The fraction of sp³-hybridized carbons (Fsp3) is 0.714. The van der Waals surface area contributed by atoms with Gasteiger partial charge in [0.1, 0.15) is 19.3 Å². The molecule has 0 fully saturated rings. The molecular weight excluding hydrogens is 928 g/mol. The molecule has 3 atom stereocenters. The molecule has 420 valence electrons. The number of allylic oxidation sites excluding steroid dienone is 15. The van der Waals surface area contributed by atoms with E-state index in [1.807, 2.05) is 33.3 Å². The lowest BCUT2D eigenvalue weighted by atomic mass is 10.0. The summed E-state index contributed by atoms with van der Waals surface area (Å²) >= 11 is 0. The maximum atomic E-state index is 13.5. The normalized spacial score (nSPS) is 14.5. The van der Waals surface area contributed by atoms with Crippen LogP contribution in [0.15, 0.2) is 97.2 Å². The minimum absolute atomic E-state index is 0.0277. The van der Waals surface area contributed by atoms with Crippen LogP contribution in [0.3, 0.4) is 0 Å². The highest BCUT2D eigenvalue weighted by atomic mass is 31.2. The highest BCUT2D eigenvalue weighted by molar-refractivity contribution is 7.47. The quantitative estimate of drug-likeness (QED) is 0.0156. The predicted molar refractivity (Wildman–Crippen MR) is 314 cm³/mol. The molecule has 10 heteroatoms. The third-order valence-electron chi connectivity index (χ3n) is 12.5. The minimum Gasteiger partial charge on any atom is -0.456 e. The summed E-state index contributed by atoms with van der Waals surface area (Å²) in [5.74, 6) is -0.561. The van der Waals surface area contributed by atoms with Crippen LogP contribution in [0.2, 0.25) is 0 Å². The Hall–Kier alpha value is -3.07. The lowest BCUT2D eigenvalue weighted by Crippen LogP contribution is -2.47. The number of carbonyl (C=O) groups excluding carboxylic acids is 2. The van der Waals surface area contributed by atoms with E-state index in [2.05, 4.69) is 111 Å². The Morgan fingerprint density at radius 1 is 0.507 bits per heavy atom. The Labute approximate surface area is 449 Å². The average Bonchev–Trinajstić information content (AvgIpc) is 3.35. The molecule has 0 saturated carbocycles. The monoisotopic (exact) mass is 1040 g/mol. The molecule has 9 nitrogen and oxygen atoms in total. The zero-order valence-electron chi connectivity index (χ0n) is 47.8. The van der Waals surface area contributed by atoms with Gasteiger partial charge in [-0.1, -0.05) is 221 Å². The molecule has 0 saturated heterocycles. The summed E-state index contributed by atoms with van der Waals surface area (Å²) in [7, 11) is 1.46. The summed E-state index contributed by atoms with van der Waals surface area (Å²) in [6.45, 7) is 6.83. The average molecular weight is 1040 g/mol. The standard InChI is InChI=1S/C63H111N2O7P/c1-7-10-13-16-19-22-25-28-30-31-32-33-35-38-41-44-47-50-53-56-63(67)72-61(54-51-48-45-42-39-36-27-24-21-18-15-12-9-3)60(59-71-73(68,69)70-58-57-65(4,5)6)64-62(66)55-52-49-46-43-40-37-34-29-26-23-20-17-14-11-8-2/h10,13,19-20,22-23,26,28-30,32-33,38,41,51,54,60-61H,7-9,11-12,14-18,21,24-25,27,31,34-37,39-40,42-50,52-53,55-59H2,1-6H3,(H-,64,66,68,69)/p+1/b13-10-,22-19-,23-20+,29-26+,30-28-,33-32-,41-38-,54-51+. The maximum Gasteiger partial charge on any atom is 0.472 e. The second-order valence-corrected chi connectivity index (χ2v) is 22.3. The number of hydrogen-bond acceptors (Lipinski definition) is 6. The van der Waals surface area contributed by atoms with Gasteiger partial charge in [-0.15, -0.1) is 0 Å². The second-order valence-electron chi connectivity index (χ2n) is 20.8. The van der Waals surface area contributed by atoms with E-state index in [4.69, 9.17) is 13.8 Å². The summed E-state index contributed by atoms with van der Waals surface area (Å²) in [4.78, 5) is 37.6. The number of likely N-dealkylation sites (N-methyl/N-ethyl adjacent to an activating group) is 1. The molecule has 0 rings (SSSR count). The summed E-state index contributed by atoms with van der Waals surface area (Å²) in [6.07, 6.45) is 69.7. The van der Waals surface area contributed by atoms with E-state index < -0.39 is 20.0 Å². The van der Waals surface area contributed by atoms with Gasteiger partial charge in [0.05, 0.1) is 33.8 Å². The fourth-order valence-corrected chi connectivity index (χ4v) is 8.69. The zero-order valence-corrected chi connectivity index (χ0v) is 48.7. The number of hydrogen-bond donors (Lipinski definition) is 2. The number of carbonyl (C=O) groups is 2. The van der Waals surface area contributed by atoms with E-state index in [-0.39, 0.29) is 31.5 Å². The van der Waals surface area contributed by atoms with Crippen LogP contribution in [0.5, 0.6) is 0 Å². The smallest absolute Gasteiger partial charge is 0.456 e. The fourth-order valence-electron chi connectivity index (χ4n) is 7.96. The number of esters is 1. The van der Waals surface area contributed by atoms with Crippen molar-refractivity contribution in [1.82, 2.24) is 5.32 Å². The summed E-state index contributed by atoms with van der Waals surface area (Å²) < 4.78 is 30.6. The first-order valence-electron chi connectivity index (χ1n) is 29.6. The number of ether oxygens (including phenoxy) is 1. The van der Waals surface area contributed by atoms with Crippen LogP contribution in [-0.2, 0) is 27.9 Å². The predicted octanol–water partition coefficient (Wildman–Crippen LogP) is 18.0. The van der Waals surface area contributed by atoms with Gasteiger partial charge in [0.2, 0.25) is 5.91 Å². The molecule has 0 aliphatic heterocycles. The number of nitrogens with one attached hydrogen (secondary N) is 1. The van der Waals surface area contributed by atoms with Crippen LogP contribution in [0.25, 0.3) is 0 Å². The van der Waals surface area contributed by atoms with Gasteiger partial charge in [0.15, 0.2) is 0 Å². The molecule has 0 radical (unpaired) electrons. The number of unbranched alkanes of at least 4 members (excludes halogenated alkanes) is 23. The highest BCUT2D eigenvalue weighted by Gasteiger charge is 2.30. The number of amides is 1. The van der Waals surface area contributed by atoms with Crippen molar-refractivity contribution in [2.24, 2.45) is 0 Å². The van der Waals surface area contributed by atoms with Gasteiger partial charge >= 0.3 is 13.8 Å². The van der Waals surface area contributed by atoms with E-state index in [1.54, 1.807) is 0 Å².